The van der Waals surface area contributed by atoms with Gasteiger partial charge in [-0.25, -0.2) is 9.78 Å². The van der Waals surface area contributed by atoms with Crippen molar-refractivity contribution >= 4 is 23.2 Å². The van der Waals surface area contributed by atoms with E-state index in [4.69, 9.17) is 4.74 Å². The molecule has 0 aliphatic rings. The Morgan fingerprint density at radius 3 is 2.33 bits per heavy atom. The summed E-state index contributed by atoms with van der Waals surface area (Å²) in [4.78, 5) is 29.8. The fourth-order valence-electron chi connectivity index (χ4n) is 2.82. The lowest BCUT2D eigenvalue weighted by molar-refractivity contribution is -0.146. The fourth-order valence-corrected chi connectivity index (χ4v) is 3.66. The Hall–Kier alpha value is -2.21. The lowest BCUT2D eigenvalue weighted by Gasteiger charge is -2.23. The van der Waals surface area contributed by atoms with Crippen molar-refractivity contribution in [1.82, 2.24) is 10.3 Å². The number of thiazole rings is 1. The predicted octanol–water partition coefficient (Wildman–Crippen LogP) is 3.91. The second-order valence-corrected chi connectivity index (χ2v) is 8.14. The van der Waals surface area contributed by atoms with Crippen molar-refractivity contribution in [2.75, 3.05) is 7.11 Å². The van der Waals surface area contributed by atoms with E-state index in [0.29, 0.717) is 12.3 Å². The van der Waals surface area contributed by atoms with Crippen LogP contribution in [0.15, 0.2) is 35.7 Å². The first-order chi connectivity index (χ1) is 12.8. The topological polar surface area (TPSA) is 68.3 Å². The average molecular weight is 389 g/mol. The first-order valence-electron chi connectivity index (χ1n) is 9.20. The van der Waals surface area contributed by atoms with Crippen LogP contribution in [-0.4, -0.2) is 30.0 Å². The first-order valence-corrected chi connectivity index (χ1v) is 10.1. The molecule has 1 amide bonds. The molecule has 27 heavy (non-hydrogen) atoms. The minimum Gasteiger partial charge on any atom is -0.467 e. The molecule has 0 saturated heterocycles. The largest absolute Gasteiger partial charge is 0.467 e. The van der Waals surface area contributed by atoms with Gasteiger partial charge in [-0.15, -0.1) is 11.3 Å². The van der Waals surface area contributed by atoms with Crippen LogP contribution in [0.5, 0.6) is 0 Å². The van der Waals surface area contributed by atoms with Crippen LogP contribution in [0.1, 0.15) is 55.8 Å². The number of carbonyl (C=O) groups excluding carboxylic acids is 2. The summed E-state index contributed by atoms with van der Waals surface area (Å²) in [6.45, 7) is 7.98. The van der Waals surface area contributed by atoms with Crippen molar-refractivity contribution in [3.63, 3.8) is 0 Å². The normalized spacial score (nSPS) is 13.4. The third-order valence-corrected chi connectivity index (χ3v) is 5.61. The molecule has 0 spiro atoms. The number of hydrogen-bond acceptors (Lipinski definition) is 5. The maximum absolute atomic E-state index is 13.1. The molecular formula is C21H28N2O3S. The van der Waals surface area contributed by atoms with Crippen LogP contribution in [0.25, 0.3) is 0 Å². The molecule has 0 aliphatic carbocycles. The monoisotopic (exact) mass is 388 g/mol. The van der Waals surface area contributed by atoms with Crippen LogP contribution in [-0.2, 0) is 20.7 Å². The minimum absolute atomic E-state index is 0.0651. The van der Waals surface area contributed by atoms with Crippen molar-refractivity contribution in [2.45, 2.75) is 52.0 Å². The molecule has 0 saturated carbocycles. The lowest BCUT2D eigenvalue weighted by atomic mass is 9.92. The molecule has 2 rings (SSSR count). The SMILES string of the molecule is COC(=O)[C@@H](NC(=O)C(Cc1csc(C(C)C)n1)c1ccccc1)C(C)C. The van der Waals surface area contributed by atoms with Crippen molar-refractivity contribution in [1.29, 1.82) is 0 Å². The van der Waals surface area contributed by atoms with Crippen molar-refractivity contribution in [3.05, 3.63) is 52.0 Å². The maximum atomic E-state index is 13.1. The van der Waals surface area contributed by atoms with E-state index in [9.17, 15) is 9.59 Å². The van der Waals surface area contributed by atoms with Gasteiger partial charge in [-0.05, 0) is 11.5 Å². The number of ether oxygens (including phenoxy) is 1. The Morgan fingerprint density at radius 2 is 1.81 bits per heavy atom. The van der Waals surface area contributed by atoms with Crippen LogP contribution < -0.4 is 5.32 Å². The highest BCUT2D eigenvalue weighted by atomic mass is 32.1. The fraction of sp³-hybridized carbons (Fsp3) is 0.476. The standard InChI is InChI=1S/C21H28N2O3S/c1-13(2)18(21(25)26-5)23-19(24)17(15-9-7-6-8-10-15)11-16-12-27-20(22-16)14(3)4/h6-10,12-14,17-18H,11H2,1-5H3,(H,23,24)/t17?,18-/m0/s1. The van der Waals surface area contributed by atoms with Gasteiger partial charge in [-0.2, -0.15) is 0 Å². The maximum Gasteiger partial charge on any atom is 0.328 e. The van der Waals surface area contributed by atoms with Crippen LogP contribution in [0.2, 0.25) is 0 Å². The number of amides is 1. The zero-order valence-electron chi connectivity index (χ0n) is 16.6. The van der Waals surface area contributed by atoms with Gasteiger partial charge in [0.15, 0.2) is 0 Å². The molecule has 1 unspecified atom stereocenters. The summed E-state index contributed by atoms with van der Waals surface area (Å²) in [7, 11) is 1.33. The smallest absolute Gasteiger partial charge is 0.328 e. The second kappa shape index (κ2) is 9.65. The van der Waals surface area contributed by atoms with E-state index in [-0.39, 0.29) is 11.8 Å². The first kappa shape index (κ1) is 21.1. The third kappa shape index (κ3) is 5.63. The van der Waals surface area contributed by atoms with Crippen molar-refractivity contribution < 1.29 is 14.3 Å². The Kier molecular flexibility index (Phi) is 7.54. The summed E-state index contributed by atoms with van der Waals surface area (Å²) in [5, 5.41) is 5.95. The van der Waals surface area contributed by atoms with Crippen LogP contribution in [0, 0.1) is 5.92 Å². The Balaban J connectivity index is 2.26. The lowest BCUT2D eigenvalue weighted by Crippen LogP contribution is -2.47. The number of rotatable bonds is 8. The van der Waals surface area contributed by atoms with E-state index in [0.717, 1.165) is 16.3 Å². The van der Waals surface area contributed by atoms with E-state index in [1.165, 1.54) is 7.11 Å². The Morgan fingerprint density at radius 1 is 1.15 bits per heavy atom. The van der Waals surface area contributed by atoms with E-state index in [2.05, 4.69) is 24.1 Å². The Labute approximate surface area is 165 Å². The molecule has 1 aromatic carbocycles. The van der Waals surface area contributed by atoms with Gasteiger partial charge >= 0.3 is 5.97 Å². The van der Waals surface area contributed by atoms with Gasteiger partial charge in [0.1, 0.15) is 6.04 Å². The van der Waals surface area contributed by atoms with Gasteiger partial charge in [-0.3, -0.25) is 4.79 Å². The van der Waals surface area contributed by atoms with Crippen LogP contribution >= 0.6 is 11.3 Å². The molecule has 2 aromatic rings. The van der Waals surface area contributed by atoms with Crippen LogP contribution in [0.3, 0.4) is 0 Å². The van der Waals surface area contributed by atoms with Gasteiger partial charge in [0.05, 0.1) is 23.7 Å². The molecule has 0 radical (unpaired) electrons. The van der Waals surface area contributed by atoms with E-state index < -0.39 is 17.9 Å². The molecule has 0 bridgehead atoms. The third-order valence-electron chi connectivity index (χ3n) is 4.41. The molecule has 146 valence electrons. The summed E-state index contributed by atoms with van der Waals surface area (Å²) in [5.74, 6) is -0.744. The highest BCUT2D eigenvalue weighted by Gasteiger charge is 2.29. The van der Waals surface area contributed by atoms with Gasteiger partial charge in [0.25, 0.3) is 0 Å². The van der Waals surface area contributed by atoms with Crippen LogP contribution in [0.4, 0.5) is 0 Å². The van der Waals surface area contributed by atoms with Crippen molar-refractivity contribution in [2.24, 2.45) is 5.92 Å². The molecule has 6 heteroatoms. The number of methoxy groups -OCH3 is 1. The molecule has 2 atom stereocenters. The number of aromatic nitrogens is 1. The molecule has 5 nitrogen and oxygen atoms in total. The second-order valence-electron chi connectivity index (χ2n) is 7.25. The predicted molar refractivity (Wildman–Crippen MR) is 108 cm³/mol. The number of carbonyl (C=O) groups is 2. The van der Waals surface area contributed by atoms with E-state index in [1.807, 2.05) is 49.6 Å². The minimum atomic E-state index is -0.671. The number of esters is 1. The molecule has 0 aliphatic heterocycles. The summed E-state index contributed by atoms with van der Waals surface area (Å²) < 4.78 is 4.84. The van der Waals surface area contributed by atoms with E-state index in [1.54, 1.807) is 11.3 Å². The summed E-state index contributed by atoms with van der Waals surface area (Å²) in [5.41, 5.74) is 1.80. The molecule has 1 N–H and O–H groups in total. The summed E-state index contributed by atoms with van der Waals surface area (Å²) >= 11 is 1.62. The number of nitrogens with one attached hydrogen (secondary N) is 1. The number of benzene rings is 1. The van der Waals surface area contributed by atoms with Gasteiger partial charge < -0.3 is 10.1 Å². The van der Waals surface area contributed by atoms with Crippen molar-refractivity contribution in [3.8, 4) is 0 Å². The molecule has 1 heterocycles. The van der Waals surface area contributed by atoms with Gasteiger partial charge in [0, 0.05) is 17.7 Å². The van der Waals surface area contributed by atoms with Gasteiger partial charge in [-0.1, -0.05) is 58.0 Å². The highest BCUT2D eigenvalue weighted by Crippen LogP contribution is 2.25. The Bertz CT molecular complexity index is 756. The molecule has 1 aromatic heterocycles. The average Bonchev–Trinajstić information content (AvgIpc) is 3.13. The number of hydrogen-bond donors (Lipinski definition) is 1. The van der Waals surface area contributed by atoms with Gasteiger partial charge in [0.2, 0.25) is 5.91 Å². The molecular weight excluding hydrogens is 360 g/mol. The quantitative estimate of drug-likeness (QED) is 0.696. The number of nitrogens with zero attached hydrogens (tertiary/aromatic N) is 1. The summed E-state index contributed by atoms with van der Waals surface area (Å²) in [6.07, 6.45) is 0.491. The summed E-state index contributed by atoms with van der Waals surface area (Å²) in [6, 6.07) is 8.94. The zero-order valence-corrected chi connectivity index (χ0v) is 17.4. The zero-order chi connectivity index (χ0) is 20.0. The molecule has 0 fully saturated rings. The highest BCUT2D eigenvalue weighted by molar-refractivity contribution is 7.09. The van der Waals surface area contributed by atoms with E-state index >= 15 is 0 Å².